The minimum absolute atomic E-state index is 0.811. The van der Waals surface area contributed by atoms with Crippen molar-refractivity contribution in [3.63, 3.8) is 0 Å². The summed E-state index contributed by atoms with van der Waals surface area (Å²) in [4.78, 5) is 4.28. The van der Waals surface area contributed by atoms with E-state index in [4.69, 9.17) is 4.74 Å². The average molecular weight is 161 g/mol. The third-order valence-corrected chi connectivity index (χ3v) is 1.86. The van der Waals surface area contributed by atoms with Crippen molar-refractivity contribution in [2.45, 2.75) is 13.3 Å². The van der Waals surface area contributed by atoms with Gasteiger partial charge in [0, 0.05) is 20.3 Å². The molecular weight excluding hydrogens is 146 g/mol. The molecule has 0 amide bonds. The second-order valence-corrected chi connectivity index (χ2v) is 2.95. The molecule has 0 rings (SSSR count). The summed E-state index contributed by atoms with van der Waals surface area (Å²) in [5.41, 5.74) is 0. The Morgan fingerprint density at radius 2 is 2.30 bits per heavy atom. The zero-order valence-corrected chi connectivity index (χ0v) is 7.70. The summed E-state index contributed by atoms with van der Waals surface area (Å²) in [6, 6.07) is 0. The van der Waals surface area contributed by atoms with Crippen LogP contribution in [0.4, 0.5) is 0 Å². The van der Waals surface area contributed by atoms with E-state index in [2.05, 4.69) is 4.99 Å². The number of methoxy groups -OCH3 is 1. The van der Waals surface area contributed by atoms with Crippen LogP contribution in [0, 0.1) is 0 Å². The van der Waals surface area contributed by atoms with Crippen LogP contribution in [0.5, 0.6) is 0 Å². The first-order valence-corrected chi connectivity index (χ1v) is 4.57. The largest absolute Gasteiger partial charge is 0.385 e. The van der Waals surface area contributed by atoms with Gasteiger partial charge in [-0.1, -0.05) is 0 Å². The Balaban J connectivity index is 3.16. The number of aliphatic imine (C=N–C) groups is 1. The average Bonchev–Trinajstić information content (AvgIpc) is 1.98. The molecule has 0 spiro atoms. The molecule has 0 unspecified atom stereocenters. The Morgan fingerprint density at radius 3 is 2.80 bits per heavy atom. The van der Waals surface area contributed by atoms with Gasteiger partial charge in [-0.3, -0.25) is 4.99 Å². The lowest BCUT2D eigenvalue weighted by molar-refractivity contribution is 0.197. The number of hydrogen-bond donors (Lipinski definition) is 0. The maximum atomic E-state index is 4.88. The maximum absolute atomic E-state index is 4.88. The Morgan fingerprint density at radius 1 is 1.60 bits per heavy atom. The molecule has 0 radical (unpaired) electrons. The molecule has 0 N–H and O–H groups in total. The predicted octanol–water partition coefficient (Wildman–Crippen LogP) is 1.80. The van der Waals surface area contributed by atoms with Gasteiger partial charge in [0.1, 0.15) is 0 Å². The van der Waals surface area contributed by atoms with E-state index in [0.717, 1.165) is 24.6 Å². The summed E-state index contributed by atoms with van der Waals surface area (Å²) in [6.07, 6.45) is 3.06. The summed E-state index contributed by atoms with van der Waals surface area (Å²) in [6.45, 7) is 3.73. The highest BCUT2D eigenvalue weighted by Gasteiger charge is 1.85. The van der Waals surface area contributed by atoms with Gasteiger partial charge in [-0.2, -0.15) is 0 Å². The van der Waals surface area contributed by atoms with E-state index < -0.39 is 0 Å². The van der Waals surface area contributed by atoms with Gasteiger partial charge in [-0.15, -0.1) is 11.8 Å². The van der Waals surface area contributed by atoms with Gasteiger partial charge in [0.2, 0.25) is 0 Å². The molecule has 10 heavy (non-hydrogen) atoms. The molecule has 60 valence electrons. The monoisotopic (exact) mass is 161 g/mol. The number of nitrogens with zero attached hydrogens (tertiary/aromatic N) is 1. The van der Waals surface area contributed by atoms with Crippen LogP contribution in [0.2, 0.25) is 0 Å². The minimum Gasteiger partial charge on any atom is -0.385 e. The van der Waals surface area contributed by atoms with E-state index in [1.807, 2.05) is 13.2 Å². The van der Waals surface area contributed by atoms with Crippen LogP contribution in [0.25, 0.3) is 0 Å². The molecule has 0 aliphatic rings. The van der Waals surface area contributed by atoms with Crippen molar-refractivity contribution >= 4 is 16.8 Å². The maximum Gasteiger partial charge on any atom is 0.0642 e. The van der Waals surface area contributed by atoms with Crippen molar-refractivity contribution in [2.24, 2.45) is 4.99 Å². The van der Waals surface area contributed by atoms with Crippen LogP contribution in [0.1, 0.15) is 13.3 Å². The van der Waals surface area contributed by atoms with Crippen LogP contribution in [0.15, 0.2) is 4.99 Å². The molecular formula is C7H15NOS. The first-order valence-electron chi connectivity index (χ1n) is 3.35. The van der Waals surface area contributed by atoms with Gasteiger partial charge in [-0.05, 0) is 19.6 Å². The molecule has 0 bridgehead atoms. The van der Waals surface area contributed by atoms with E-state index in [1.165, 1.54) is 0 Å². The molecule has 0 heterocycles. The van der Waals surface area contributed by atoms with Gasteiger partial charge in [-0.25, -0.2) is 0 Å². The number of ether oxygens (including phenoxy) is 1. The molecule has 3 heteroatoms. The van der Waals surface area contributed by atoms with Crippen LogP contribution in [-0.4, -0.2) is 31.6 Å². The van der Waals surface area contributed by atoms with E-state index in [9.17, 15) is 0 Å². The predicted molar refractivity (Wildman–Crippen MR) is 48.0 cm³/mol. The molecule has 2 nitrogen and oxygen atoms in total. The van der Waals surface area contributed by atoms with Crippen LogP contribution in [0.3, 0.4) is 0 Å². The minimum atomic E-state index is 0.811. The summed E-state index contributed by atoms with van der Waals surface area (Å²) >= 11 is 1.69. The van der Waals surface area contributed by atoms with E-state index >= 15 is 0 Å². The van der Waals surface area contributed by atoms with Crippen molar-refractivity contribution in [3.05, 3.63) is 0 Å². The van der Waals surface area contributed by atoms with E-state index in [0.29, 0.717) is 0 Å². The van der Waals surface area contributed by atoms with Crippen molar-refractivity contribution in [3.8, 4) is 0 Å². The second-order valence-electron chi connectivity index (χ2n) is 1.95. The summed E-state index contributed by atoms with van der Waals surface area (Å²) < 4.78 is 4.88. The lowest BCUT2D eigenvalue weighted by Crippen LogP contribution is -1.93. The van der Waals surface area contributed by atoms with Gasteiger partial charge in [0.15, 0.2) is 0 Å². The molecule has 0 aliphatic carbocycles. The fraction of sp³-hybridized carbons (Fsp3) is 0.857. The third-order valence-electron chi connectivity index (χ3n) is 1.14. The van der Waals surface area contributed by atoms with E-state index in [-0.39, 0.29) is 0 Å². The number of hydrogen-bond acceptors (Lipinski definition) is 3. The third kappa shape index (κ3) is 6.11. The smallest absolute Gasteiger partial charge is 0.0642 e. The quantitative estimate of drug-likeness (QED) is 0.356. The highest BCUT2D eigenvalue weighted by molar-refractivity contribution is 8.13. The van der Waals surface area contributed by atoms with Gasteiger partial charge in [0.25, 0.3) is 0 Å². The Hall–Kier alpha value is -0.0200. The lowest BCUT2D eigenvalue weighted by atomic mass is 10.5. The zero-order chi connectivity index (χ0) is 7.82. The molecule has 0 saturated heterocycles. The highest BCUT2D eigenvalue weighted by atomic mass is 32.2. The molecule has 0 aromatic heterocycles. The van der Waals surface area contributed by atoms with Crippen LogP contribution in [-0.2, 0) is 4.74 Å². The molecule has 0 aliphatic heterocycles. The summed E-state index contributed by atoms with van der Waals surface area (Å²) in [5.74, 6) is 0. The fourth-order valence-corrected chi connectivity index (χ4v) is 0.730. The zero-order valence-electron chi connectivity index (χ0n) is 6.89. The Bertz CT molecular complexity index is 104. The number of thioether (sulfide) groups is 1. The molecule has 0 fully saturated rings. The summed E-state index contributed by atoms with van der Waals surface area (Å²) in [7, 11) is 1.71. The molecule has 0 aromatic rings. The van der Waals surface area contributed by atoms with E-state index in [1.54, 1.807) is 18.9 Å². The normalized spacial score (nSPS) is 12.1. The van der Waals surface area contributed by atoms with Gasteiger partial charge in [0.05, 0.1) is 5.04 Å². The molecule has 0 aromatic carbocycles. The van der Waals surface area contributed by atoms with Crippen molar-refractivity contribution in [1.29, 1.82) is 0 Å². The topological polar surface area (TPSA) is 21.6 Å². The standard InChI is InChI=1S/C7H15NOS/c1-7(10-3)8-5-4-6-9-2/h4-6H2,1-3H3. The Labute approximate surface area is 67.1 Å². The van der Waals surface area contributed by atoms with Crippen LogP contribution >= 0.6 is 11.8 Å². The van der Waals surface area contributed by atoms with Crippen LogP contribution < -0.4 is 0 Å². The SMILES string of the molecule is COCCCN=C(C)SC. The highest BCUT2D eigenvalue weighted by Crippen LogP contribution is 1.96. The first-order chi connectivity index (χ1) is 4.81. The lowest BCUT2D eigenvalue weighted by Gasteiger charge is -1.95. The Kier molecular flexibility index (Phi) is 7.08. The van der Waals surface area contributed by atoms with Gasteiger partial charge < -0.3 is 4.74 Å². The second kappa shape index (κ2) is 7.09. The van der Waals surface area contributed by atoms with Crippen molar-refractivity contribution in [1.82, 2.24) is 0 Å². The van der Waals surface area contributed by atoms with Crippen molar-refractivity contribution < 1.29 is 4.74 Å². The van der Waals surface area contributed by atoms with Gasteiger partial charge >= 0.3 is 0 Å². The first kappa shape index (κ1) is 9.98. The molecule has 0 saturated carbocycles. The fourth-order valence-electron chi connectivity index (χ4n) is 0.510. The van der Waals surface area contributed by atoms with Crippen molar-refractivity contribution in [2.75, 3.05) is 26.5 Å². The number of rotatable bonds is 4. The molecule has 0 atom stereocenters. The summed E-state index contributed by atoms with van der Waals surface area (Å²) in [5, 5.41) is 1.15.